The van der Waals surface area contributed by atoms with Crippen LogP contribution in [0.1, 0.15) is 39.1 Å². The second-order valence-electron chi connectivity index (χ2n) is 3.17. The van der Waals surface area contributed by atoms with Crippen LogP contribution in [-0.4, -0.2) is 9.55 Å². The highest BCUT2D eigenvalue weighted by atomic mass is 14.9. The van der Waals surface area contributed by atoms with E-state index >= 15 is 0 Å². The zero-order chi connectivity index (χ0) is 12.7. The van der Waals surface area contributed by atoms with Gasteiger partial charge in [0.2, 0.25) is 0 Å². The van der Waals surface area contributed by atoms with Gasteiger partial charge in [0.15, 0.2) is 0 Å². The molecular weight excluding hydrogens is 196 g/mol. The molecule has 0 aliphatic carbocycles. The van der Waals surface area contributed by atoms with Crippen LogP contribution >= 0.6 is 0 Å². The van der Waals surface area contributed by atoms with Gasteiger partial charge in [-0.05, 0) is 26.0 Å². The van der Waals surface area contributed by atoms with Crippen molar-refractivity contribution in [2.75, 3.05) is 0 Å². The van der Waals surface area contributed by atoms with E-state index in [0.717, 1.165) is 5.69 Å². The SMILES string of the molecule is CC.CC.Cc1nccc2c1cc(C)n2C. The van der Waals surface area contributed by atoms with Gasteiger partial charge in [-0.1, -0.05) is 27.7 Å². The predicted molar refractivity (Wildman–Crippen MR) is 72.9 cm³/mol. The molecule has 0 aliphatic rings. The molecule has 0 bridgehead atoms. The van der Waals surface area contributed by atoms with Crippen molar-refractivity contribution in [1.29, 1.82) is 0 Å². The molecule has 90 valence electrons. The average molecular weight is 220 g/mol. The van der Waals surface area contributed by atoms with Gasteiger partial charge in [0, 0.05) is 30.0 Å². The van der Waals surface area contributed by atoms with E-state index in [2.05, 4.69) is 35.7 Å². The Hall–Kier alpha value is -1.31. The quantitative estimate of drug-likeness (QED) is 0.649. The van der Waals surface area contributed by atoms with Crippen molar-refractivity contribution in [3.8, 4) is 0 Å². The summed E-state index contributed by atoms with van der Waals surface area (Å²) in [6.07, 6.45) is 1.86. The van der Waals surface area contributed by atoms with Gasteiger partial charge < -0.3 is 4.57 Å². The van der Waals surface area contributed by atoms with E-state index in [1.807, 2.05) is 40.8 Å². The number of fused-ring (bicyclic) bond motifs is 1. The van der Waals surface area contributed by atoms with E-state index in [4.69, 9.17) is 0 Å². The van der Waals surface area contributed by atoms with Crippen LogP contribution in [0.15, 0.2) is 18.3 Å². The second kappa shape index (κ2) is 7.04. The Morgan fingerprint density at radius 2 is 1.62 bits per heavy atom. The van der Waals surface area contributed by atoms with E-state index in [-0.39, 0.29) is 0 Å². The Balaban J connectivity index is 0.000000509. The lowest BCUT2D eigenvalue weighted by Gasteiger charge is -1.98. The minimum atomic E-state index is 1.11. The standard InChI is InChI=1S/C10H12N2.2C2H6/c1-7-6-9-8(2)11-5-4-10(9)12(7)3;2*1-2/h4-6H,1-3H3;2*1-2H3. The highest BCUT2D eigenvalue weighted by Crippen LogP contribution is 2.19. The first-order valence-electron chi connectivity index (χ1n) is 6.08. The Morgan fingerprint density at radius 1 is 1.06 bits per heavy atom. The molecule has 2 rings (SSSR count). The minimum Gasteiger partial charge on any atom is -0.348 e. The number of hydrogen-bond acceptors (Lipinski definition) is 1. The normalized spacial score (nSPS) is 8.94. The summed E-state index contributed by atoms with van der Waals surface area (Å²) in [4.78, 5) is 4.25. The average Bonchev–Trinajstić information content (AvgIpc) is 2.63. The third-order valence-corrected chi connectivity index (χ3v) is 2.41. The summed E-state index contributed by atoms with van der Waals surface area (Å²) in [5.74, 6) is 0. The van der Waals surface area contributed by atoms with Gasteiger partial charge in [0.1, 0.15) is 0 Å². The predicted octanol–water partition coefficient (Wildman–Crippen LogP) is 4.24. The fourth-order valence-corrected chi connectivity index (χ4v) is 1.53. The summed E-state index contributed by atoms with van der Waals surface area (Å²) in [5.41, 5.74) is 3.65. The molecule has 2 heteroatoms. The monoisotopic (exact) mass is 220 g/mol. The highest BCUT2D eigenvalue weighted by molar-refractivity contribution is 5.82. The molecule has 0 saturated heterocycles. The molecule has 16 heavy (non-hydrogen) atoms. The number of pyridine rings is 1. The smallest absolute Gasteiger partial charge is 0.0513 e. The molecule has 0 atom stereocenters. The molecule has 0 aliphatic heterocycles. The van der Waals surface area contributed by atoms with Crippen LogP contribution < -0.4 is 0 Å². The summed E-state index contributed by atoms with van der Waals surface area (Å²) in [6, 6.07) is 4.23. The van der Waals surface area contributed by atoms with Gasteiger partial charge in [0.25, 0.3) is 0 Å². The number of nitrogens with zero attached hydrogens (tertiary/aromatic N) is 2. The maximum atomic E-state index is 4.25. The van der Waals surface area contributed by atoms with Crippen LogP contribution in [0.2, 0.25) is 0 Å². The van der Waals surface area contributed by atoms with E-state index in [0.29, 0.717) is 0 Å². The van der Waals surface area contributed by atoms with Gasteiger partial charge in [-0.15, -0.1) is 0 Å². The number of hydrogen-bond donors (Lipinski definition) is 0. The first-order chi connectivity index (χ1) is 7.70. The van der Waals surface area contributed by atoms with Gasteiger partial charge in [-0.25, -0.2) is 0 Å². The number of rotatable bonds is 0. The molecule has 0 unspecified atom stereocenters. The summed E-state index contributed by atoms with van der Waals surface area (Å²) >= 11 is 0. The zero-order valence-electron chi connectivity index (χ0n) is 11.6. The molecule has 2 nitrogen and oxygen atoms in total. The molecule has 2 heterocycles. The third kappa shape index (κ3) is 2.84. The van der Waals surface area contributed by atoms with Gasteiger partial charge in [0.05, 0.1) is 5.52 Å². The molecular formula is C14H24N2. The maximum Gasteiger partial charge on any atom is 0.0513 e. The van der Waals surface area contributed by atoms with Gasteiger partial charge >= 0.3 is 0 Å². The Kier molecular flexibility index (Phi) is 6.47. The molecule has 0 radical (unpaired) electrons. The fourth-order valence-electron chi connectivity index (χ4n) is 1.53. The molecule has 0 saturated carbocycles. The highest BCUT2D eigenvalue weighted by Gasteiger charge is 2.03. The fraction of sp³-hybridized carbons (Fsp3) is 0.500. The van der Waals surface area contributed by atoms with Crippen molar-refractivity contribution in [3.05, 3.63) is 29.7 Å². The summed E-state index contributed by atoms with van der Waals surface area (Å²) in [7, 11) is 2.08. The first kappa shape index (κ1) is 14.7. The Morgan fingerprint density at radius 3 is 2.12 bits per heavy atom. The summed E-state index contributed by atoms with van der Waals surface area (Å²) in [6.45, 7) is 12.2. The van der Waals surface area contributed by atoms with Crippen molar-refractivity contribution in [3.63, 3.8) is 0 Å². The van der Waals surface area contributed by atoms with E-state index in [1.165, 1.54) is 16.6 Å². The van der Waals surface area contributed by atoms with Gasteiger partial charge in [-0.2, -0.15) is 0 Å². The third-order valence-electron chi connectivity index (χ3n) is 2.41. The molecule has 0 aromatic carbocycles. The maximum absolute atomic E-state index is 4.25. The molecule has 2 aromatic rings. The lowest BCUT2D eigenvalue weighted by molar-refractivity contribution is 0.917. The Bertz CT molecular complexity index is 427. The summed E-state index contributed by atoms with van der Waals surface area (Å²) < 4.78 is 2.18. The second-order valence-corrected chi connectivity index (χ2v) is 3.17. The van der Waals surface area contributed by atoms with E-state index < -0.39 is 0 Å². The molecule has 0 amide bonds. The lowest BCUT2D eigenvalue weighted by atomic mass is 10.2. The van der Waals surface area contributed by atoms with Crippen molar-refractivity contribution >= 4 is 10.9 Å². The van der Waals surface area contributed by atoms with Crippen LogP contribution in [0.5, 0.6) is 0 Å². The van der Waals surface area contributed by atoms with Crippen LogP contribution in [-0.2, 0) is 7.05 Å². The lowest BCUT2D eigenvalue weighted by Crippen LogP contribution is -1.89. The van der Waals surface area contributed by atoms with Crippen LogP contribution in [0.25, 0.3) is 10.9 Å². The summed E-state index contributed by atoms with van der Waals surface area (Å²) in [5, 5.41) is 1.26. The van der Waals surface area contributed by atoms with Crippen molar-refractivity contribution < 1.29 is 0 Å². The molecule has 0 spiro atoms. The van der Waals surface area contributed by atoms with Gasteiger partial charge in [-0.3, -0.25) is 4.98 Å². The first-order valence-corrected chi connectivity index (χ1v) is 6.08. The van der Waals surface area contributed by atoms with E-state index in [1.54, 1.807) is 0 Å². The van der Waals surface area contributed by atoms with E-state index in [9.17, 15) is 0 Å². The van der Waals surface area contributed by atoms with Crippen LogP contribution in [0, 0.1) is 13.8 Å². The largest absolute Gasteiger partial charge is 0.348 e. The van der Waals surface area contributed by atoms with Crippen molar-refractivity contribution in [2.45, 2.75) is 41.5 Å². The minimum absolute atomic E-state index is 1.11. The van der Waals surface area contributed by atoms with Crippen LogP contribution in [0.3, 0.4) is 0 Å². The van der Waals surface area contributed by atoms with Crippen molar-refractivity contribution in [1.82, 2.24) is 9.55 Å². The Labute approximate surface area is 99.3 Å². The van der Waals surface area contributed by atoms with Crippen LogP contribution in [0.4, 0.5) is 0 Å². The van der Waals surface area contributed by atoms with Crippen molar-refractivity contribution in [2.24, 2.45) is 7.05 Å². The molecule has 2 aromatic heterocycles. The topological polar surface area (TPSA) is 17.8 Å². The number of aryl methyl sites for hydroxylation is 3. The molecule has 0 fully saturated rings. The number of aromatic nitrogens is 2. The zero-order valence-corrected chi connectivity index (χ0v) is 11.6. The molecule has 0 N–H and O–H groups in total.